The van der Waals surface area contributed by atoms with Gasteiger partial charge in [-0.05, 0) is 37.5 Å². The van der Waals surface area contributed by atoms with Crippen molar-refractivity contribution < 1.29 is 28.3 Å². The Hall–Kier alpha value is -7.11. The molecule has 8 rings (SSSR count). The lowest BCUT2D eigenvalue weighted by Crippen LogP contribution is -2.49. The molecule has 0 radical (unpaired) electrons. The maximum Gasteiger partial charge on any atom is 0.292 e. The molecule has 2 aliphatic heterocycles. The molecule has 7 heterocycles. The summed E-state index contributed by atoms with van der Waals surface area (Å²) in [5.41, 5.74) is 16.4. The Morgan fingerprint density at radius 1 is 0.779 bits per heavy atom. The van der Waals surface area contributed by atoms with Gasteiger partial charge < -0.3 is 50.7 Å². The van der Waals surface area contributed by atoms with E-state index in [9.17, 15) is 14.4 Å². The number of fused-ring (bicyclic) bond motifs is 2. The van der Waals surface area contributed by atoms with Crippen molar-refractivity contribution in [2.24, 2.45) is 0 Å². The highest BCUT2D eigenvalue weighted by molar-refractivity contribution is 5.99. The molecular weight excluding hydrogens is 875 g/mol. The van der Waals surface area contributed by atoms with Crippen molar-refractivity contribution in [3.05, 3.63) is 60.4 Å². The fourth-order valence-corrected chi connectivity index (χ4v) is 7.98. The summed E-state index contributed by atoms with van der Waals surface area (Å²) in [4.78, 5) is 77.0. The summed E-state index contributed by atoms with van der Waals surface area (Å²) in [6.07, 6.45) is 11.7. The molecule has 0 bridgehead atoms. The summed E-state index contributed by atoms with van der Waals surface area (Å²) in [5, 5.41) is 11.3. The molecule has 5 aromatic heterocycles. The molecular formula is C45H59N17O6. The van der Waals surface area contributed by atoms with Crippen LogP contribution in [0.25, 0.3) is 33.4 Å². The first-order chi connectivity index (χ1) is 33.2. The van der Waals surface area contributed by atoms with Crippen molar-refractivity contribution >= 4 is 63.6 Å². The predicted octanol–water partition coefficient (Wildman–Crippen LogP) is 1.90. The maximum atomic E-state index is 12.9. The Bertz CT molecular complexity index is 2610. The summed E-state index contributed by atoms with van der Waals surface area (Å²) in [5.74, 6) is 1.20. The van der Waals surface area contributed by atoms with E-state index in [-0.39, 0.29) is 30.3 Å². The summed E-state index contributed by atoms with van der Waals surface area (Å²) in [7, 11) is 0. The maximum absolute atomic E-state index is 12.9. The summed E-state index contributed by atoms with van der Waals surface area (Å²) >= 11 is 0. The Labute approximate surface area is 393 Å². The molecule has 2 saturated heterocycles. The first-order valence-corrected chi connectivity index (χ1v) is 23.2. The van der Waals surface area contributed by atoms with E-state index in [1.54, 1.807) is 35.5 Å². The number of ether oxygens (including phenoxy) is 2. The van der Waals surface area contributed by atoms with E-state index in [1.807, 2.05) is 17.0 Å². The number of rotatable bonds is 22. The average Bonchev–Trinajstić information content (AvgIpc) is 3.94. The monoisotopic (exact) mass is 933 g/mol. The first kappa shape index (κ1) is 47.4. The topological polar surface area (TPSA) is 280 Å². The van der Waals surface area contributed by atoms with Crippen molar-refractivity contribution in [3.8, 4) is 11.3 Å². The van der Waals surface area contributed by atoms with Gasteiger partial charge in [-0.1, -0.05) is 13.3 Å². The Balaban J connectivity index is 0.674. The van der Waals surface area contributed by atoms with Crippen LogP contribution < -0.4 is 31.9 Å². The normalized spacial score (nSPS) is 14.5. The van der Waals surface area contributed by atoms with Gasteiger partial charge in [0.25, 0.3) is 11.9 Å². The van der Waals surface area contributed by atoms with Gasteiger partial charge in [-0.25, -0.2) is 34.6 Å². The van der Waals surface area contributed by atoms with Crippen LogP contribution >= 0.6 is 0 Å². The Kier molecular flexibility index (Phi) is 16.1. The molecule has 68 heavy (non-hydrogen) atoms. The van der Waals surface area contributed by atoms with Crippen LogP contribution in [0, 0.1) is 0 Å². The third kappa shape index (κ3) is 12.3. The molecule has 0 saturated carbocycles. The number of carbonyl (C=O) groups excluding carboxylic acids is 3. The van der Waals surface area contributed by atoms with Crippen LogP contribution in [0.15, 0.2) is 53.7 Å². The molecule has 6 N–H and O–H groups in total. The van der Waals surface area contributed by atoms with Gasteiger partial charge in [0.15, 0.2) is 11.2 Å². The van der Waals surface area contributed by atoms with E-state index in [0.717, 1.165) is 63.1 Å². The van der Waals surface area contributed by atoms with Crippen molar-refractivity contribution in [2.45, 2.75) is 52.1 Å². The number of aryl methyl sites for hydroxylation is 1. The number of amides is 3. The number of carbonyl (C=O) groups is 3. The average molecular weight is 934 g/mol. The molecule has 6 aromatic rings. The first-order valence-electron chi connectivity index (χ1n) is 23.2. The second-order valence-corrected chi connectivity index (χ2v) is 16.6. The van der Waals surface area contributed by atoms with E-state index in [4.69, 9.17) is 30.5 Å². The van der Waals surface area contributed by atoms with Gasteiger partial charge in [-0.3, -0.25) is 19.3 Å². The van der Waals surface area contributed by atoms with Crippen LogP contribution in [-0.4, -0.2) is 164 Å². The smallest absolute Gasteiger partial charge is 0.292 e. The molecule has 23 heteroatoms. The fourth-order valence-electron chi connectivity index (χ4n) is 7.98. The van der Waals surface area contributed by atoms with E-state index < -0.39 is 0 Å². The van der Waals surface area contributed by atoms with Crippen LogP contribution in [0.2, 0.25) is 0 Å². The highest BCUT2D eigenvalue weighted by Gasteiger charge is 2.24. The zero-order valence-electron chi connectivity index (χ0n) is 38.4. The number of nitrogens with one attached hydrogen (secondary N) is 2. The molecule has 3 amide bonds. The molecule has 2 fully saturated rings. The van der Waals surface area contributed by atoms with E-state index in [2.05, 4.69) is 67.1 Å². The molecule has 1 aromatic carbocycles. The highest BCUT2D eigenvalue weighted by Crippen LogP contribution is 2.32. The van der Waals surface area contributed by atoms with Crippen molar-refractivity contribution in [3.63, 3.8) is 0 Å². The zero-order chi connectivity index (χ0) is 47.2. The Morgan fingerprint density at radius 3 is 2.26 bits per heavy atom. The summed E-state index contributed by atoms with van der Waals surface area (Å²) < 4.78 is 18.4. The number of hydrogen-bond donors (Lipinski definition) is 4. The highest BCUT2D eigenvalue weighted by atomic mass is 16.5. The van der Waals surface area contributed by atoms with Gasteiger partial charge in [0.2, 0.25) is 23.7 Å². The number of nitrogen functional groups attached to an aromatic ring is 2. The number of oxazole rings is 1. The lowest BCUT2D eigenvalue weighted by atomic mass is 10.1. The number of unbranched alkanes of at least 4 members (excludes halogenated alkanes) is 2. The molecule has 23 nitrogen and oxygen atoms in total. The van der Waals surface area contributed by atoms with E-state index in [1.165, 1.54) is 6.33 Å². The number of nitrogens with zero attached hydrogens (tertiary/aromatic N) is 13. The molecule has 2 aliphatic rings. The molecule has 0 aliphatic carbocycles. The predicted molar refractivity (Wildman–Crippen MR) is 253 cm³/mol. The Morgan fingerprint density at radius 2 is 1.51 bits per heavy atom. The van der Waals surface area contributed by atoms with Crippen molar-refractivity contribution in [1.82, 2.24) is 65.1 Å². The van der Waals surface area contributed by atoms with Gasteiger partial charge >= 0.3 is 0 Å². The summed E-state index contributed by atoms with van der Waals surface area (Å²) in [6, 6.07) is 5.59. The lowest BCUT2D eigenvalue weighted by molar-refractivity contribution is -0.132. The van der Waals surface area contributed by atoms with Gasteiger partial charge in [0.05, 0.1) is 30.6 Å². The second-order valence-electron chi connectivity index (χ2n) is 16.6. The summed E-state index contributed by atoms with van der Waals surface area (Å²) in [6.45, 7) is 11.3. The van der Waals surface area contributed by atoms with Crippen LogP contribution in [0.1, 0.15) is 54.9 Å². The quantitative estimate of drug-likeness (QED) is 0.0708. The number of piperazine rings is 2. The largest absolute Gasteiger partial charge is 0.424 e. The van der Waals surface area contributed by atoms with Gasteiger partial charge in [-0.15, -0.1) is 0 Å². The van der Waals surface area contributed by atoms with Gasteiger partial charge in [0, 0.05) is 121 Å². The standard InChI is InChI=1S/C45H59N17O6/c1-2-3-20-67-29-36(63)49-24-31-25-50-44(51-26-31)61-17-15-59(16-18-61)37(64)8-21-66-22-19-58-11-13-60(14-12-58)45-52-27-33(28-53-45)42(65)48-9-4-5-10-62-41-38(40(46)54-30-55-41)39(57-62)32-6-7-35-34(23-32)56-43(47)68-35/h6-7,23,25-28,30H,2-5,8-22,24,29H2,1H3,(H2,47,56)(H,48,65)(H,49,63)(H2,46,54,55). The number of nitrogens with two attached hydrogens (primary N) is 2. The number of benzene rings is 1. The van der Waals surface area contributed by atoms with Crippen LogP contribution in [0.5, 0.6) is 0 Å². The van der Waals surface area contributed by atoms with Crippen LogP contribution in [0.4, 0.5) is 23.7 Å². The molecule has 0 spiro atoms. The number of anilines is 4. The second kappa shape index (κ2) is 23.1. The third-order valence-corrected chi connectivity index (χ3v) is 11.9. The van der Waals surface area contributed by atoms with Crippen molar-refractivity contribution in [2.75, 3.05) is 113 Å². The SMILES string of the molecule is CCCCOCC(=O)NCc1cnc(N2CCN(C(=O)CCOCCN3CCN(c4ncc(C(=O)NCCCCn5nc(-c6ccc7oc(N)nc7c6)c6c(N)ncnc65)cn4)CC3)CC2)nc1. The van der Waals surface area contributed by atoms with Crippen molar-refractivity contribution in [1.29, 1.82) is 0 Å². The minimum Gasteiger partial charge on any atom is -0.424 e. The third-order valence-electron chi connectivity index (χ3n) is 11.9. The van der Waals surface area contributed by atoms with Crippen LogP contribution in [0.3, 0.4) is 0 Å². The fraction of sp³-hybridized carbons (Fsp3) is 0.489. The van der Waals surface area contributed by atoms with Crippen LogP contribution in [-0.2, 0) is 32.2 Å². The zero-order valence-corrected chi connectivity index (χ0v) is 38.4. The number of aromatic nitrogens is 9. The minimum atomic E-state index is -0.236. The van der Waals surface area contributed by atoms with E-state index >= 15 is 0 Å². The molecule has 360 valence electrons. The minimum absolute atomic E-state index is 0.0470. The number of hydrogen-bond acceptors (Lipinski definition) is 19. The molecule has 0 unspecified atom stereocenters. The van der Waals surface area contributed by atoms with Gasteiger partial charge in [0.1, 0.15) is 30.0 Å². The van der Waals surface area contributed by atoms with Gasteiger partial charge in [-0.2, -0.15) is 10.1 Å². The lowest BCUT2D eigenvalue weighted by Gasteiger charge is -2.35. The van der Waals surface area contributed by atoms with E-state index in [0.29, 0.717) is 130 Å². The molecule has 0 atom stereocenters.